The van der Waals surface area contributed by atoms with Crippen molar-refractivity contribution < 1.29 is 14.3 Å². The van der Waals surface area contributed by atoms with Gasteiger partial charge in [0.15, 0.2) is 10.1 Å². The van der Waals surface area contributed by atoms with Crippen LogP contribution in [0, 0.1) is 5.82 Å². The van der Waals surface area contributed by atoms with Gasteiger partial charge in [-0.3, -0.25) is 4.79 Å². The average Bonchev–Trinajstić information content (AvgIpc) is 2.88. The lowest BCUT2D eigenvalue weighted by Crippen LogP contribution is -2.07. The van der Waals surface area contributed by atoms with E-state index in [1.165, 1.54) is 29.2 Å². The second kappa shape index (κ2) is 6.19. The van der Waals surface area contributed by atoms with Crippen LogP contribution in [-0.2, 0) is 0 Å². The molecule has 0 bridgehead atoms. The van der Waals surface area contributed by atoms with Crippen molar-refractivity contribution in [2.45, 2.75) is 4.34 Å². The first-order valence-electron chi connectivity index (χ1n) is 5.62. The number of anilines is 1. The van der Waals surface area contributed by atoms with Crippen molar-refractivity contribution in [3.05, 3.63) is 29.6 Å². The predicted molar refractivity (Wildman–Crippen MR) is 77.4 cm³/mol. The van der Waals surface area contributed by atoms with E-state index in [0.29, 0.717) is 4.34 Å². The quantitative estimate of drug-likeness (QED) is 0.675. The van der Waals surface area contributed by atoms with E-state index in [2.05, 4.69) is 10.2 Å². The summed E-state index contributed by atoms with van der Waals surface area (Å²) >= 11 is 2.57. The highest BCUT2D eigenvalue weighted by atomic mass is 32.2. The van der Waals surface area contributed by atoms with E-state index in [1.54, 1.807) is 0 Å². The molecule has 0 fully saturated rings. The van der Waals surface area contributed by atoms with Crippen molar-refractivity contribution in [1.82, 2.24) is 10.2 Å². The highest BCUT2D eigenvalue weighted by Gasteiger charge is 2.14. The summed E-state index contributed by atoms with van der Waals surface area (Å²) in [4.78, 5) is 13.8. The van der Waals surface area contributed by atoms with Gasteiger partial charge in [0.05, 0.1) is 11.3 Å². The van der Waals surface area contributed by atoms with Gasteiger partial charge in [0.25, 0.3) is 0 Å². The van der Waals surface area contributed by atoms with E-state index < -0.39 is 5.82 Å². The molecular weight excluding hydrogens is 301 g/mol. The number of phenols is 1. The first kappa shape index (κ1) is 14.7. The van der Waals surface area contributed by atoms with Gasteiger partial charge in [-0.05, 0) is 18.2 Å². The van der Waals surface area contributed by atoms with Crippen LogP contribution in [0.2, 0.25) is 0 Å². The molecule has 0 spiro atoms. The molecule has 0 saturated heterocycles. The number of hydrogen-bond acceptors (Lipinski definition) is 7. The summed E-state index contributed by atoms with van der Waals surface area (Å²) in [5.41, 5.74) is -0.0187. The molecule has 0 amide bonds. The fourth-order valence-electron chi connectivity index (χ4n) is 1.38. The molecular formula is C12H12FN3O2S2. The van der Waals surface area contributed by atoms with Gasteiger partial charge >= 0.3 is 0 Å². The largest absolute Gasteiger partial charge is 0.507 e. The molecule has 106 valence electrons. The third-order valence-corrected chi connectivity index (χ3v) is 4.59. The molecule has 1 heterocycles. The molecule has 1 N–H and O–H groups in total. The number of phenolic OH excluding ortho intramolecular Hbond substituents is 1. The molecule has 2 rings (SSSR count). The number of Topliss-reactive ketones (excluding diaryl/α,β-unsaturated/α-hetero) is 1. The number of carbonyl (C=O) groups is 1. The van der Waals surface area contributed by atoms with Crippen LogP contribution in [0.4, 0.5) is 9.52 Å². The van der Waals surface area contributed by atoms with E-state index in [1.807, 2.05) is 19.0 Å². The van der Waals surface area contributed by atoms with Crippen LogP contribution >= 0.6 is 23.1 Å². The van der Waals surface area contributed by atoms with Crippen LogP contribution in [0.1, 0.15) is 10.4 Å². The summed E-state index contributed by atoms with van der Waals surface area (Å²) in [6, 6.07) is 3.30. The van der Waals surface area contributed by atoms with Crippen molar-refractivity contribution in [3.63, 3.8) is 0 Å². The minimum absolute atomic E-state index is 0.0187. The number of ketones is 1. The van der Waals surface area contributed by atoms with Crippen LogP contribution in [0.3, 0.4) is 0 Å². The van der Waals surface area contributed by atoms with Gasteiger partial charge in [-0.25, -0.2) is 4.39 Å². The first-order valence-corrected chi connectivity index (χ1v) is 7.43. The fraction of sp³-hybridized carbons (Fsp3) is 0.250. The fourth-order valence-corrected chi connectivity index (χ4v) is 3.02. The van der Waals surface area contributed by atoms with Crippen LogP contribution in [0.5, 0.6) is 5.75 Å². The molecule has 8 heteroatoms. The number of benzene rings is 1. The maximum Gasteiger partial charge on any atom is 0.208 e. The first-order chi connectivity index (χ1) is 9.47. The average molecular weight is 313 g/mol. The zero-order valence-electron chi connectivity index (χ0n) is 10.8. The highest BCUT2D eigenvalue weighted by molar-refractivity contribution is 8.01. The molecule has 5 nitrogen and oxygen atoms in total. The van der Waals surface area contributed by atoms with Crippen molar-refractivity contribution in [1.29, 1.82) is 0 Å². The predicted octanol–water partition coefficient (Wildman–Crippen LogP) is 2.42. The Morgan fingerprint density at radius 3 is 2.85 bits per heavy atom. The number of thioether (sulfide) groups is 1. The Bertz CT molecular complexity index is 631. The molecule has 1 aromatic heterocycles. The number of nitrogens with zero attached hydrogens (tertiary/aromatic N) is 3. The van der Waals surface area contributed by atoms with E-state index >= 15 is 0 Å². The van der Waals surface area contributed by atoms with Gasteiger partial charge in [0.1, 0.15) is 11.6 Å². The summed E-state index contributed by atoms with van der Waals surface area (Å²) in [6.45, 7) is 0. The summed E-state index contributed by atoms with van der Waals surface area (Å²) in [5, 5.41) is 18.2. The SMILES string of the molecule is CN(C)c1nnc(SCC(=O)c2cc(F)ccc2O)s1. The summed E-state index contributed by atoms with van der Waals surface area (Å²) in [7, 11) is 3.70. The van der Waals surface area contributed by atoms with Gasteiger partial charge in [-0.2, -0.15) is 0 Å². The number of aromatic nitrogens is 2. The Kier molecular flexibility index (Phi) is 4.56. The monoisotopic (exact) mass is 313 g/mol. The van der Waals surface area contributed by atoms with E-state index in [0.717, 1.165) is 17.3 Å². The molecule has 0 saturated carbocycles. The Morgan fingerprint density at radius 2 is 2.20 bits per heavy atom. The van der Waals surface area contributed by atoms with Crippen molar-refractivity contribution in [2.75, 3.05) is 24.7 Å². The van der Waals surface area contributed by atoms with Crippen LogP contribution in [-0.4, -0.2) is 40.9 Å². The van der Waals surface area contributed by atoms with Crippen molar-refractivity contribution >= 4 is 34.0 Å². The minimum Gasteiger partial charge on any atom is -0.507 e. The third kappa shape index (κ3) is 3.45. The normalized spacial score (nSPS) is 10.6. The molecule has 0 radical (unpaired) electrons. The maximum absolute atomic E-state index is 13.1. The molecule has 0 aliphatic rings. The topological polar surface area (TPSA) is 66.3 Å². The summed E-state index contributed by atoms with van der Waals surface area (Å²) in [6.07, 6.45) is 0. The number of rotatable bonds is 5. The minimum atomic E-state index is -0.554. The molecule has 0 atom stereocenters. The van der Waals surface area contributed by atoms with Gasteiger partial charge in [0.2, 0.25) is 5.13 Å². The number of carbonyl (C=O) groups excluding carboxylic acids is 1. The van der Waals surface area contributed by atoms with Gasteiger partial charge < -0.3 is 10.0 Å². The smallest absolute Gasteiger partial charge is 0.208 e. The molecule has 1 aromatic carbocycles. The second-order valence-corrected chi connectivity index (χ2v) is 6.30. The van der Waals surface area contributed by atoms with Gasteiger partial charge in [-0.1, -0.05) is 23.1 Å². The molecule has 20 heavy (non-hydrogen) atoms. The van der Waals surface area contributed by atoms with Crippen molar-refractivity contribution in [3.8, 4) is 5.75 Å². The Balaban J connectivity index is 2.02. The zero-order chi connectivity index (χ0) is 14.7. The lowest BCUT2D eigenvalue weighted by Gasteiger charge is -2.04. The Morgan fingerprint density at radius 1 is 1.45 bits per heavy atom. The summed E-state index contributed by atoms with van der Waals surface area (Å²) < 4.78 is 13.7. The summed E-state index contributed by atoms with van der Waals surface area (Å²) in [5.74, 6) is -1.06. The van der Waals surface area contributed by atoms with Gasteiger partial charge in [0, 0.05) is 14.1 Å². The Labute approximate surface area is 123 Å². The number of halogens is 1. The van der Waals surface area contributed by atoms with E-state index in [-0.39, 0.29) is 22.8 Å². The molecule has 0 aliphatic heterocycles. The zero-order valence-corrected chi connectivity index (χ0v) is 12.5. The van der Waals surface area contributed by atoms with Crippen LogP contribution in [0.15, 0.2) is 22.5 Å². The molecule has 0 unspecified atom stereocenters. The standard InChI is InChI=1S/C12H12FN3O2S2/c1-16(2)11-14-15-12(20-11)19-6-10(18)8-5-7(13)3-4-9(8)17/h3-5,17H,6H2,1-2H3. The maximum atomic E-state index is 13.1. The van der Waals surface area contributed by atoms with Gasteiger partial charge in [-0.15, -0.1) is 10.2 Å². The number of hydrogen-bond donors (Lipinski definition) is 1. The van der Waals surface area contributed by atoms with E-state index in [4.69, 9.17) is 0 Å². The van der Waals surface area contributed by atoms with Crippen LogP contribution in [0.25, 0.3) is 0 Å². The van der Waals surface area contributed by atoms with E-state index in [9.17, 15) is 14.3 Å². The molecule has 0 aliphatic carbocycles. The highest BCUT2D eigenvalue weighted by Crippen LogP contribution is 2.28. The Hall–Kier alpha value is -1.67. The molecule has 2 aromatic rings. The second-order valence-electron chi connectivity index (χ2n) is 4.12. The van der Waals surface area contributed by atoms with Crippen molar-refractivity contribution in [2.24, 2.45) is 0 Å². The van der Waals surface area contributed by atoms with Crippen LogP contribution < -0.4 is 4.90 Å². The lowest BCUT2D eigenvalue weighted by atomic mass is 10.1. The lowest BCUT2D eigenvalue weighted by molar-refractivity contribution is 0.101. The number of aromatic hydroxyl groups is 1. The third-order valence-electron chi connectivity index (χ3n) is 2.36.